The highest BCUT2D eigenvalue weighted by atomic mass is 35.5. The SMILES string of the molecule is CNCc1cccc(Cl)c1N1CCCC(C)(C)C1. The molecule has 3 heteroatoms. The zero-order valence-corrected chi connectivity index (χ0v) is 12.3. The van der Waals surface area contributed by atoms with Crippen molar-refractivity contribution in [2.24, 2.45) is 5.41 Å². The lowest BCUT2D eigenvalue weighted by Gasteiger charge is -2.40. The summed E-state index contributed by atoms with van der Waals surface area (Å²) in [5, 5.41) is 4.10. The van der Waals surface area contributed by atoms with Crippen LogP contribution in [-0.2, 0) is 6.54 Å². The van der Waals surface area contributed by atoms with Gasteiger partial charge in [-0.3, -0.25) is 0 Å². The summed E-state index contributed by atoms with van der Waals surface area (Å²) < 4.78 is 0. The van der Waals surface area contributed by atoms with E-state index < -0.39 is 0 Å². The second-order valence-corrected chi connectivity index (χ2v) is 6.37. The highest BCUT2D eigenvalue weighted by Gasteiger charge is 2.28. The number of rotatable bonds is 3. The van der Waals surface area contributed by atoms with E-state index in [0.29, 0.717) is 5.41 Å². The van der Waals surface area contributed by atoms with E-state index in [1.165, 1.54) is 24.1 Å². The van der Waals surface area contributed by atoms with E-state index in [9.17, 15) is 0 Å². The Bertz CT molecular complexity index is 415. The molecule has 1 heterocycles. The highest BCUT2D eigenvalue weighted by Crippen LogP contribution is 2.36. The molecule has 1 aromatic rings. The van der Waals surface area contributed by atoms with Crippen molar-refractivity contribution >= 4 is 17.3 Å². The van der Waals surface area contributed by atoms with Gasteiger partial charge in [-0.15, -0.1) is 0 Å². The molecule has 0 spiro atoms. The fourth-order valence-corrected chi connectivity index (χ4v) is 3.17. The molecule has 0 bridgehead atoms. The average Bonchev–Trinajstić information content (AvgIpc) is 2.28. The van der Waals surface area contributed by atoms with Crippen LogP contribution in [0.5, 0.6) is 0 Å². The third-order valence-electron chi connectivity index (χ3n) is 3.65. The summed E-state index contributed by atoms with van der Waals surface area (Å²) in [6.07, 6.45) is 2.55. The minimum absolute atomic E-state index is 0.383. The van der Waals surface area contributed by atoms with Crippen molar-refractivity contribution in [3.05, 3.63) is 28.8 Å². The van der Waals surface area contributed by atoms with Crippen LogP contribution in [0.1, 0.15) is 32.3 Å². The van der Waals surface area contributed by atoms with Crippen LogP contribution in [0.4, 0.5) is 5.69 Å². The third kappa shape index (κ3) is 2.99. The molecule has 0 atom stereocenters. The van der Waals surface area contributed by atoms with Crippen molar-refractivity contribution in [2.45, 2.75) is 33.2 Å². The van der Waals surface area contributed by atoms with Gasteiger partial charge >= 0.3 is 0 Å². The van der Waals surface area contributed by atoms with Crippen LogP contribution in [0.3, 0.4) is 0 Å². The fraction of sp³-hybridized carbons (Fsp3) is 0.600. The number of nitrogens with zero attached hydrogens (tertiary/aromatic N) is 1. The van der Waals surface area contributed by atoms with Crippen LogP contribution >= 0.6 is 11.6 Å². The van der Waals surface area contributed by atoms with Gasteiger partial charge in [0.15, 0.2) is 0 Å². The van der Waals surface area contributed by atoms with Crippen molar-refractivity contribution < 1.29 is 0 Å². The number of piperidine rings is 1. The van der Waals surface area contributed by atoms with E-state index in [0.717, 1.165) is 24.7 Å². The number of hydrogen-bond acceptors (Lipinski definition) is 2. The van der Waals surface area contributed by atoms with Crippen molar-refractivity contribution in [1.29, 1.82) is 0 Å². The first-order valence-corrected chi connectivity index (χ1v) is 7.08. The summed E-state index contributed by atoms with van der Waals surface area (Å²) in [5.41, 5.74) is 2.90. The molecule has 18 heavy (non-hydrogen) atoms. The molecule has 1 aliphatic heterocycles. The van der Waals surface area contributed by atoms with Gasteiger partial charge in [0, 0.05) is 19.6 Å². The lowest BCUT2D eigenvalue weighted by Crippen LogP contribution is -2.40. The summed E-state index contributed by atoms with van der Waals surface area (Å²) in [6.45, 7) is 7.76. The van der Waals surface area contributed by atoms with Gasteiger partial charge in [-0.05, 0) is 36.9 Å². The minimum atomic E-state index is 0.383. The quantitative estimate of drug-likeness (QED) is 0.898. The van der Waals surface area contributed by atoms with Gasteiger partial charge in [0.05, 0.1) is 10.7 Å². The zero-order chi connectivity index (χ0) is 13.2. The maximum absolute atomic E-state index is 6.42. The van der Waals surface area contributed by atoms with Crippen molar-refractivity contribution in [3.8, 4) is 0 Å². The van der Waals surface area contributed by atoms with E-state index in [1.807, 2.05) is 19.2 Å². The molecule has 0 aliphatic carbocycles. The Morgan fingerprint density at radius 3 is 2.83 bits per heavy atom. The number of hydrogen-bond donors (Lipinski definition) is 1. The molecule has 0 aromatic heterocycles. The van der Waals surface area contributed by atoms with Crippen LogP contribution in [0, 0.1) is 5.41 Å². The largest absolute Gasteiger partial charge is 0.370 e. The van der Waals surface area contributed by atoms with E-state index in [1.54, 1.807) is 0 Å². The molecule has 1 aromatic carbocycles. The molecule has 0 saturated carbocycles. The number of anilines is 1. The number of nitrogens with one attached hydrogen (secondary N) is 1. The highest BCUT2D eigenvalue weighted by molar-refractivity contribution is 6.33. The predicted molar refractivity (Wildman–Crippen MR) is 79.4 cm³/mol. The van der Waals surface area contributed by atoms with Crippen LogP contribution in [0.25, 0.3) is 0 Å². The van der Waals surface area contributed by atoms with Gasteiger partial charge in [-0.25, -0.2) is 0 Å². The van der Waals surface area contributed by atoms with Crippen LogP contribution < -0.4 is 10.2 Å². The van der Waals surface area contributed by atoms with E-state index >= 15 is 0 Å². The van der Waals surface area contributed by atoms with E-state index in [4.69, 9.17) is 11.6 Å². The van der Waals surface area contributed by atoms with Gasteiger partial charge in [-0.1, -0.05) is 37.6 Å². The van der Waals surface area contributed by atoms with Crippen molar-refractivity contribution in [1.82, 2.24) is 5.32 Å². The minimum Gasteiger partial charge on any atom is -0.370 e. The summed E-state index contributed by atoms with van der Waals surface area (Å²) in [6, 6.07) is 6.20. The molecule has 0 amide bonds. The summed E-state index contributed by atoms with van der Waals surface area (Å²) in [7, 11) is 1.98. The fourth-order valence-electron chi connectivity index (χ4n) is 2.86. The zero-order valence-electron chi connectivity index (χ0n) is 11.6. The van der Waals surface area contributed by atoms with Crippen LogP contribution in [-0.4, -0.2) is 20.1 Å². The number of benzene rings is 1. The lowest BCUT2D eigenvalue weighted by atomic mass is 9.84. The lowest BCUT2D eigenvalue weighted by molar-refractivity contribution is 0.293. The molecular formula is C15H23ClN2. The molecule has 0 radical (unpaired) electrons. The normalized spacial score (nSPS) is 19.0. The monoisotopic (exact) mass is 266 g/mol. The molecule has 2 rings (SSSR count). The van der Waals surface area contributed by atoms with Gasteiger partial charge in [0.25, 0.3) is 0 Å². The van der Waals surface area contributed by atoms with Gasteiger partial charge in [0.2, 0.25) is 0 Å². The second kappa shape index (κ2) is 5.50. The topological polar surface area (TPSA) is 15.3 Å². The molecule has 100 valence electrons. The Balaban J connectivity index is 2.31. The predicted octanol–water partition coefficient (Wildman–Crippen LogP) is 3.69. The van der Waals surface area contributed by atoms with E-state index in [2.05, 4.69) is 30.1 Å². The summed E-state index contributed by atoms with van der Waals surface area (Å²) in [5.74, 6) is 0. The van der Waals surface area contributed by atoms with Crippen molar-refractivity contribution in [3.63, 3.8) is 0 Å². The molecule has 1 aliphatic rings. The maximum atomic E-state index is 6.42. The number of para-hydroxylation sites is 1. The Hall–Kier alpha value is -0.730. The Morgan fingerprint density at radius 2 is 2.17 bits per heavy atom. The first kappa shape index (κ1) is 13.7. The molecule has 2 nitrogen and oxygen atoms in total. The molecule has 1 saturated heterocycles. The number of halogens is 1. The van der Waals surface area contributed by atoms with Crippen LogP contribution in [0.15, 0.2) is 18.2 Å². The molecule has 1 fully saturated rings. The first-order chi connectivity index (χ1) is 8.53. The maximum Gasteiger partial charge on any atom is 0.0642 e. The van der Waals surface area contributed by atoms with E-state index in [-0.39, 0.29) is 0 Å². The molecule has 1 N–H and O–H groups in total. The molecular weight excluding hydrogens is 244 g/mol. The third-order valence-corrected chi connectivity index (χ3v) is 3.96. The van der Waals surface area contributed by atoms with Gasteiger partial charge < -0.3 is 10.2 Å². The Labute approximate surface area is 115 Å². The Morgan fingerprint density at radius 1 is 1.39 bits per heavy atom. The average molecular weight is 267 g/mol. The second-order valence-electron chi connectivity index (χ2n) is 5.97. The summed E-state index contributed by atoms with van der Waals surface area (Å²) >= 11 is 6.42. The smallest absolute Gasteiger partial charge is 0.0642 e. The van der Waals surface area contributed by atoms with Gasteiger partial charge in [-0.2, -0.15) is 0 Å². The first-order valence-electron chi connectivity index (χ1n) is 6.70. The van der Waals surface area contributed by atoms with Gasteiger partial charge in [0.1, 0.15) is 0 Å². The van der Waals surface area contributed by atoms with Crippen LogP contribution in [0.2, 0.25) is 5.02 Å². The van der Waals surface area contributed by atoms with Crippen molar-refractivity contribution in [2.75, 3.05) is 25.0 Å². The molecule has 0 unspecified atom stereocenters. The summed E-state index contributed by atoms with van der Waals surface area (Å²) in [4.78, 5) is 2.46. The standard InChI is InChI=1S/C15H23ClN2/c1-15(2)8-5-9-18(11-15)14-12(10-17-3)6-4-7-13(14)16/h4,6-7,17H,5,8-11H2,1-3H3. The Kier molecular flexibility index (Phi) is 4.18.